The number of fused-ring (bicyclic) bond motifs is 3. The molecule has 5 rings (SSSR count). The van der Waals surface area contributed by atoms with Gasteiger partial charge in [-0.1, -0.05) is 57.9 Å². The van der Waals surface area contributed by atoms with E-state index in [1.54, 1.807) is 6.07 Å². The second kappa shape index (κ2) is 6.60. The Kier molecular flexibility index (Phi) is 4.05. The molecular formula is C23H17BrFN3. The highest BCUT2D eigenvalue weighted by molar-refractivity contribution is 9.10. The Labute approximate surface area is 170 Å². The van der Waals surface area contributed by atoms with E-state index in [1.165, 1.54) is 11.6 Å². The van der Waals surface area contributed by atoms with Crippen LogP contribution in [-0.4, -0.2) is 9.55 Å². The third-order valence-electron chi connectivity index (χ3n) is 5.08. The van der Waals surface area contributed by atoms with Crippen LogP contribution in [0, 0.1) is 12.7 Å². The number of rotatable bonds is 2. The number of nitrogens with zero attached hydrogens (tertiary/aromatic N) is 2. The van der Waals surface area contributed by atoms with E-state index in [0.29, 0.717) is 11.5 Å². The maximum absolute atomic E-state index is 14.8. The predicted molar refractivity (Wildman–Crippen MR) is 115 cm³/mol. The summed E-state index contributed by atoms with van der Waals surface area (Å²) in [5, 5.41) is 3.43. The maximum atomic E-state index is 14.8. The molecule has 3 nitrogen and oxygen atoms in total. The molecule has 5 heteroatoms. The van der Waals surface area contributed by atoms with E-state index < -0.39 is 0 Å². The molecule has 1 aliphatic rings. The Morgan fingerprint density at radius 3 is 2.64 bits per heavy atom. The number of nitrogens with one attached hydrogen (secondary N) is 1. The number of aryl methyl sites for hydroxylation is 1. The minimum Gasteiger partial charge on any atom is -0.325 e. The van der Waals surface area contributed by atoms with Crippen molar-refractivity contribution >= 4 is 38.6 Å². The highest BCUT2D eigenvalue weighted by atomic mass is 79.9. The van der Waals surface area contributed by atoms with E-state index in [9.17, 15) is 4.39 Å². The summed E-state index contributed by atoms with van der Waals surface area (Å²) in [4.78, 5) is 4.75. The van der Waals surface area contributed by atoms with Gasteiger partial charge in [0.1, 0.15) is 5.82 Å². The molecular weight excluding hydrogens is 417 g/mol. The van der Waals surface area contributed by atoms with Gasteiger partial charge in [0.25, 0.3) is 0 Å². The van der Waals surface area contributed by atoms with Crippen LogP contribution in [-0.2, 0) is 0 Å². The molecule has 0 saturated heterocycles. The van der Waals surface area contributed by atoms with Gasteiger partial charge in [-0.2, -0.15) is 0 Å². The van der Waals surface area contributed by atoms with Gasteiger partial charge in [-0.15, -0.1) is 0 Å². The molecule has 0 spiro atoms. The zero-order valence-corrected chi connectivity index (χ0v) is 16.7. The number of allylic oxidation sites excluding steroid dienone is 1. The second-order valence-corrected chi connectivity index (χ2v) is 7.89. The van der Waals surface area contributed by atoms with Crippen LogP contribution in [0.1, 0.15) is 22.7 Å². The molecule has 28 heavy (non-hydrogen) atoms. The summed E-state index contributed by atoms with van der Waals surface area (Å²) < 4.78 is 17.7. The van der Waals surface area contributed by atoms with Crippen molar-refractivity contribution in [2.75, 3.05) is 5.32 Å². The molecule has 0 saturated carbocycles. The maximum Gasteiger partial charge on any atom is 0.209 e. The van der Waals surface area contributed by atoms with E-state index in [2.05, 4.69) is 63.1 Å². The summed E-state index contributed by atoms with van der Waals surface area (Å²) >= 11 is 3.48. The number of benzene rings is 3. The molecule has 1 N–H and O–H groups in total. The molecule has 4 aromatic rings. The first-order chi connectivity index (χ1) is 13.6. The minimum absolute atomic E-state index is 0.238. The SMILES string of the molecule is Cc1ccc(C2=C[C@@H](c3cc(Br)ccc3F)n3c(nc4ccccc43)N2)cc1. The Morgan fingerprint density at radius 2 is 1.82 bits per heavy atom. The standard InChI is InChI=1S/C23H17BrFN3/c1-14-6-8-15(9-7-14)20-13-22(17-12-16(24)10-11-18(17)25)28-21-5-3-2-4-19(21)26-23(28)27-20/h2-13,22H,1H3,(H,26,27)/t22-/m0/s1. The normalized spacial score (nSPS) is 15.8. The number of aromatic nitrogens is 2. The molecule has 1 aliphatic heterocycles. The van der Waals surface area contributed by atoms with Gasteiger partial charge in [-0.3, -0.25) is 4.57 Å². The summed E-state index contributed by atoms with van der Waals surface area (Å²) in [5.74, 6) is 0.474. The van der Waals surface area contributed by atoms with Crippen LogP contribution in [0.5, 0.6) is 0 Å². The van der Waals surface area contributed by atoms with E-state index >= 15 is 0 Å². The fourth-order valence-corrected chi connectivity index (χ4v) is 4.06. The van der Waals surface area contributed by atoms with Gasteiger partial charge < -0.3 is 5.32 Å². The van der Waals surface area contributed by atoms with Crippen LogP contribution >= 0.6 is 15.9 Å². The van der Waals surface area contributed by atoms with Crippen LogP contribution < -0.4 is 5.32 Å². The molecule has 1 aromatic heterocycles. The van der Waals surface area contributed by atoms with Gasteiger partial charge >= 0.3 is 0 Å². The van der Waals surface area contributed by atoms with E-state index in [4.69, 9.17) is 4.98 Å². The average molecular weight is 434 g/mol. The summed E-state index contributed by atoms with van der Waals surface area (Å²) in [6, 6.07) is 21.0. The lowest BCUT2D eigenvalue weighted by Gasteiger charge is -2.27. The van der Waals surface area contributed by atoms with Crippen molar-refractivity contribution in [2.24, 2.45) is 0 Å². The first-order valence-electron chi connectivity index (χ1n) is 9.08. The molecule has 0 radical (unpaired) electrons. The summed E-state index contributed by atoms with van der Waals surface area (Å²) in [7, 11) is 0. The fourth-order valence-electron chi connectivity index (χ4n) is 3.68. The van der Waals surface area contributed by atoms with Crippen LogP contribution in [0.3, 0.4) is 0 Å². The highest BCUT2D eigenvalue weighted by Gasteiger charge is 2.27. The molecule has 138 valence electrons. The van der Waals surface area contributed by atoms with Gasteiger partial charge in [0.15, 0.2) is 0 Å². The average Bonchev–Trinajstić information content (AvgIpc) is 3.08. The largest absolute Gasteiger partial charge is 0.325 e. The van der Waals surface area contributed by atoms with Crippen molar-refractivity contribution in [3.05, 3.63) is 99.8 Å². The van der Waals surface area contributed by atoms with Gasteiger partial charge in [0, 0.05) is 15.7 Å². The molecule has 0 aliphatic carbocycles. The third-order valence-corrected chi connectivity index (χ3v) is 5.58. The number of imidazole rings is 1. The topological polar surface area (TPSA) is 29.9 Å². The lowest BCUT2D eigenvalue weighted by molar-refractivity contribution is 0.583. The summed E-state index contributed by atoms with van der Waals surface area (Å²) in [5.41, 5.74) is 5.61. The highest BCUT2D eigenvalue weighted by Crippen LogP contribution is 2.38. The fraction of sp³-hybridized carbons (Fsp3) is 0.0870. The minimum atomic E-state index is -0.308. The molecule has 1 atom stereocenters. The monoisotopic (exact) mass is 433 g/mol. The van der Waals surface area contributed by atoms with Crippen molar-refractivity contribution < 1.29 is 4.39 Å². The van der Waals surface area contributed by atoms with E-state index in [1.807, 2.05) is 30.3 Å². The lowest BCUT2D eigenvalue weighted by Crippen LogP contribution is -2.20. The summed E-state index contributed by atoms with van der Waals surface area (Å²) in [6.45, 7) is 2.06. The molecule has 0 fully saturated rings. The van der Waals surface area contributed by atoms with Gasteiger partial charge in [-0.25, -0.2) is 9.37 Å². The second-order valence-electron chi connectivity index (χ2n) is 6.98. The van der Waals surface area contributed by atoms with Crippen LogP contribution in [0.4, 0.5) is 10.3 Å². The Bertz CT molecular complexity index is 1220. The van der Waals surface area contributed by atoms with Crippen molar-refractivity contribution in [3.63, 3.8) is 0 Å². The first kappa shape index (κ1) is 17.2. The molecule has 3 aromatic carbocycles. The molecule has 0 amide bonds. The van der Waals surface area contributed by atoms with E-state index in [-0.39, 0.29) is 11.9 Å². The van der Waals surface area contributed by atoms with Crippen LogP contribution in [0.2, 0.25) is 0 Å². The first-order valence-corrected chi connectivity index (χ1v) is 9.87. The molecule has 2 heterocycles. The van der Waals surface area contributed by atoms with E-state index in [0.717, 1.165) is 26.8 Å². The Morgan fingerprint density at radius 1 is 1.04 bits per heavy atom. The lowest BCUT2D eigenvalue weighted by atomic mass is 10.00. The van der Waals surface area contributed by atoms with Gasteiger partial charge in [0.2, 0.25) is 5.95 Å². The van der Waals surface area contributed by atoms with Gasteiger partial charge in [0.05, 0.1) is 17.1 Å². The zero-order chi connectivity index (χ0) is 19.3. The summed E-state index contributed by atoms with van der Waals surface area (Å²) in [6.07, 6.45) is 2.07. The zero-order valence-electron chi connectivity index (χ0n) is 15.2. The number of anilines is 1. The van der Waals surface area contributed by atoms with Crippen molar-refractivity contribution in [3.8, 4) is 0 Å². The quantitative estimate of drug-likeness (QED) is 0.401. The van der Waals surface area contributed by atoms with Crippen molar-refractivity contribution in [1.82, 2.24) is 9.55 Å². The number of halogens is 2. The molecule has 0 unspecified atom stereocenters. The van der Waals surface area contributed by atoms with Gasteiger partial charge in [-0.05, 0) is 48.9 Å². The van der Waals surface area contributed by atoms with Crippen LogP contribution in [0.25, 0.3) is 16.7 Å². The predicted octanol–water partition coefficient (Wildman–Crippen LogP) is 6.30. The Balaban J connectivity index is 1.75. The van der Waals surface area contributed by atoms with Crippen molar-refractivity contribution in [1.29, 1.82) is 0 Å². The smallest absolute Gasteiger partial charge is 0.209 e. The van der Waals surface area contributed by atoms with Crippen LogP contribution in [0.15, 0.2) is 77.3 Å². The molecule has 0 bridgehead atoms. The van der Waals surface area contributed by atoms with Crippen molar-refractivity contribution in [2.45, 2.75) is 13.0 Å². The number of para-hydroxylation sites is 2. The number of hydrogen-bond donors (Lipinski definition) is 1. The Hall–Kier alpha value is -2.92. The number of hydrogen-bond acceptors (Lipinski definition) is 2. The third kappa shape index (κ3) is 2.83.